The van der Waals surface area contributed by atoms with Gasteiger partial charge in [0, 0.05) is 25.9 Å². The van der Waals surface area contributed by atoms with Crippen LogP contribution in [0.15, 0.2) is 30.3 Å². The Morgan fingerprint density at radius 2 is 1.63 bits per heavy atom. The standard InChI is InChI=1S/C16H28N2O/c1-18(16-10-4-2-5-11-16)14-8-7-13-17-12-6-3-9-15-19/h2,4-5,10-11,17,19H,3,6-9,12-15H2,1H3. The second-order valence-corrected chi connectivity index (χ2v) is 5.00. The molecule has 0 fully saturated rings. The van der Waals surface area contributed by atoms with Gasteiger partial charge in [0.15, 0.2) is 0 Å². The summed E-state index contributed by atoms with van der Waals surface area (Å²) >= 11 is 0. The van der Waals surface area contributed by atoms with E-state index in [0.717, 1.165) is 32.5 Å². The number of anilines is 1. The quantitative estimate of drug-likeness (QED) is 0.603. The van der Waals surface area contributed by atoms with Crippen molar-refractivity contribution in [1.82, 2.24) is 5.32 Å². The Morgan fingerprint density at radius 1 is 0.947 bits per heavy atom. The molecular weight excluding hydrogens is 236 g/mol. The van der Waals surface area contributed by atoms with Crippen molar-refractivity contribution >= 4 is 5.69 Å². The molecule has 0 saturated heterocycles. The first-order valence-corrected chi connectivity index (χ1v) is 7.42. The summed E-state index contributed by atoms with van der Waals surface area (Å²) in [5, 5.41) is 12.1. The third-order valence-electron chi connectivity index (χ3n) is 3.31. The fraction of sp³-hybridized carbons (Fsp3) is 0.625. The van der Waals surface area contributed by atoms with E-state index in [9.17, 15) is 0 Å². The lowest BCUT2D eigenvalue weighted by molar-refractivity contribution is 0.283. The zero-order chi connectivity index (χ0) is 13.8. The van der Waals surface area contributed by atoms with Crippen LogP contribution in [0.5, 0.6) is 0 Å². The van der Waals surface area contributed by atoms with Gasteiger partial charge in [-0.1, -0.05) is 18.2 Å². The lowest BCUT2D eigenvalue weighted by Crippen LogP contribution is -2.21. The highest BCUT2D eigenvalue weighted by molar-refractivity contribution is 5.44. The van der Waals surface area contributed by atoms with Crippen molar-refractivity contribution in [3.63, 3.8) is 0 Å². The second-order valence-electron chi connectivity index (χ2n) is 5.00. The van der Waals surface area contributed by atoms with Gasteiger partial charge in [0.05, 0.1) is 0 Å². The van der Waals surface area contributed by atoms with Gasteiger partial charge in [-0.25, -0.2) is 0 Å². The maximum atomic E-state index is 8.66. The molecule has 0 aliphatic heterocycles. The Kier molecular flexibility index (Phi) is 9.11. The Labute approximate surface area is 117 Å². The molecule has 0 spiro atoms. The van der Waals surface area contributed by atoms with Gasteiger partial charge < -0.3 is 15.3 Å². The lowest BCUT2D eigenvalue weighted by atomic mass is 10.2. The molecule has 0 aliphatic rings. The molecule has 0 radical (unpaired) electrons. The molecule has 0 amide bonds. The van der Waals surface area contributed by atoms with Crippen molar-refractivity contribution in [3.8, 4) is 0 Å². The van der Waals surface area contributed by atoms with E-state index in [2.05, 4.69) is 47.6 Å². The highest BCUT2D eigenvalue weighted by Gasteiger charge is 1.98. The minimum Gasteiger partial charge on any atom is -0.396 e. The molecule has 0 bridgehead atoms. The van der Waals surface area contributed by atoms with E-state index in [-0.39, 0.29) is 0 Å². The molecule has 0 atom stereocenters. The van der Waals surface area contributed by atoms with E-state index in [4.69, 9.17) is 5.11 Å². The van der Waals surface area contributed by atoms with Crippen LogP contribution in [0, 0.1) is 0 Å². The van der Waals surface area contributed by atoms with Crippen molar-refractivity contribution < 1.29 is 5.11 Å². The summed E-state index contributed by atoms with van der Waals surface area (Å²) in [5.74, 6) is 0. The number of hydrogen-bond acceptors (Lipinski definition) is 3. The predicted molar refractivity (Wildman–Crippen MR) is 82.8 cm³/mol. The van der Waals surface area contributed by atoms with Crippen molar-refractivity contribution in [1.29, 1.82) is 0 Å². The number of nitrogens with one attached hydrogen (secondary N) is 1. The van der Waals surface area contributed by atoms with E-state index in [1.807, 2.05) is 0 Å². The summed E-state index contributed by atoms with van der Waals surface area (Å²) in [6.07, 6.45) is 5.67. The summed E-state index contributed by atoms with van der Waals surface area (Å²) in [4.78, 5) is 2.31. The van der Waals surface area contributed by atoms with Crippen molar-refractivity contribution in [2.45, 2.75) is 32.1 Å². The highest BCUT2D eigenvalue weighted by Crippen LogP contribution is 2.11. The van der Waals surface area contributed by atoms with Crippen LogP contribution >= 0.6 is 0 Å². The molecular formula is C16H28N2O. The SMILES string of the molecule is CN(CCCCNCCCCCO)c1ccccc1. The van der Waals surface area contributed by atoms with Gasteiger partial charge in [-0.15, -0.1) is 0 Å². The minimum atomic E-state index is 0.325. The number of para-hydroxylation sites is 1. The van der Waals surface area contributed by atoms with Crippen LogP contribution in [0.25, 0.3) is 0 Å². The molecule has 1 rings (SSSR count). The third kappa shape index (κ3) is 7.85. The van der Waals surface area contributed by atoms with Crippen molar-refractivity contribution in [3.05, 3.63) is 30.3 Å². The summed E-state index contributed by atoms with van der Waals surface area (Å²) in [5.41, 5.74) is 1.29. The molecule has 1 aromatic rings. The van der Waals surface area contributed by atoms with Crippen molar-refractivity contribution in [2.75, 3.05) is 38.2 Å². The molecule has 0 heterocycles. The fourth-order valence-corrected chi connectivity index (χ4v) is 2.07. The van der Waals surface area contributed by atoms with Crippen LogP contribution < -0.4 is 10.2 Å². The Hall–Kier alpha value is -1.06. The van der Waals surface area contributed by atoms with Crippen LogP contribution in [0.1, 0.15) is 32.1 Å². The lowest BCUT2D eigenvalue weighted by Gasteiger charge is -2.19. The predicted octanol–water partition coefficient (Wildman–Crippen LogP) is 2.66. The van der Waals surface area contributed by atoms with Crippen LogP contribution in [0.2, 0.25) is 0 Å². The molecule has 108 valence electrons. The summed E-state index contributed by atoms with van der Waals surface area (Å²) < 4.78 is 0. The molecule has 0 unspecified atom stereocenters. The number of aliphatic hydroxyl groups is 1. The van der Waals surface area contributed by atoms with Gasteiger partial charge in [0.2, 0.25) is 0 Å². The molecule has 1 aromatic carbocycles. The van der Waals surface area contributed by atoms with E-state index < -0.39 is 0 Å². The number of nitrogens with zero attached hydrogens (tertiary/aromatic N) is 1. The van der Waals surface area contributed by atoms with E-state index >= 15 is 0 Å². The molecule has 0 aliphatic carbocycles. The first-order chi connectivity index (χ1) is 9.34. The maximum Gasteiger partial charge on any atom is 0.0431 e. The monoisotopic (exact) mass is 264 g/mol. The maximum absolute atomic E-state index is 8.66. The van der Waals surface area contributed by atoms with Gasteiger partial charge in [-0.3, -0.25) is 0 Å². The van der Waals surface area contributed by atoms with Crippen LogP contribution in [0.4, 0.5) is 5.69 Å². The van der Waals surface area contributed by atoms with Gasteiger partial charge in [-0.05, 0) is 57.3 Å². The van der Waals surface area contributed by atoms with Gasteiger partial charge in [0.25, 0.3) is 0 Å². The van der Waals surface area contributed by atoms with E-state index in [1.165, 1.54) is 24.9 Å². The Bertz CT molecular complexity index is 303. The first-order valence-electron chi connectivity index (χ1n) is 7.42. The molecule has 2 N–H and O–H groups in total. The summed E-state index contributed by atoms with van der Waals surface area (Å²) in [6, 6.07) is 10.5. The second kappa shape index (κ2) is 10.8. The van der Waals surface area contributed by atoms with Crippen LogP contribution in [-0.2, 0) is 0 Å². The van der Waals surface area contributed by atoms with Gasteiger partial charge in [0.1, 0.15) is 0 Å². The van der Waals surface area contributed by atoms with Gasteiger partial charge in [-0.2, -0.15) is 0 Å². The third-order valence-corrected chi connectivity index (χ3v) is 3.31. The van der Waals surface area contributed by atoms with Crippen LogP contribution in [-0.4, -0.2) is 38.4 Å². The number of aliphatic hydroxyl groups excluding tert-OH is 1. The average molecular weight is 264 g/mol. The topological polar surface area (TPSA) is 35.5 Å². The smallest absolute Gasteiger partial charge is 0.0431 e. The largest absolute Gasteiger partial charge is 0.396 e. The molecule has 3 heteroatoms. The van der Waals surface area contributed by atoms with E-state index in [0.29, 0.717) is 6.61 Å². The summed E-state index contributed by atoms with van der Waals surface area (Å²) in [6.45, 7) is 3.61. The zero-order valence-corrected chi connectivity index (χ0v) is 12.1. The van der Waals surface area contributed by atoms with Crippen molar-refractivity contribution in [2.24, 2.45) is 0 Å². The zero-order valence-electron chi connectivity index (χ0n) is 12.1. The highest BCUT2D eigenvalue weighted by atomic mass is 16.2. The number of hydrogen-bond donors (Lipinski definition) is 2. The van der Waals surface area contributed by atoms with Gasteiger partial charge >= 0.3 is 0 Å². The average Bonchev–Trinajstić information content (AvgIpc) is 2.46. The Morgan fingerprint density at radius 3 is 2.32 bits per heavy atom. The normalized spacial score (nSPS) is 10.6. The Balaban J connectivity index is 1.93. The number of rotatable bonds is 11. The number of unbranched alkanes of at least 4 members (excludes halogenated alkanes) is 3. The molecule has 19 heavy (non-hydrogen) atoms. The summed E-state index contributed by atoms with van der Waals surface area (Å²) in [7, 11) is 2.15. The molecule has 0 aromatic heterocycles. The van der Waals surface area contributed by atoms with E-state index in [1.54, 1.807) is 0 Å². The molecule has 0 saturated carbocycles. The van der Waals surface area contributed by atoms with Crippen LogP contribution in [0.3, 0.4) is 0 Å². The first kappa shape index (κ1) is 16.0. The molecule has 3 nitrogen and oxygen atoms in total. The fourth-order valence-electron chi connectivity index (χ4n) is 2.07. The number of benzene rings is 1. The minimum absolute atomic E-state index is 0.325.